The summed E-state index contributed by atoms with van der Waals surface area (Å²) in [5.41, 5.74) is 8.34. The van der Waals surface area contributed by atoms with E-state index in [-0.39, 0.29) is 0 Å². The maximum Gasteiger partial charge on any atom is 0.115 e. The fourth-order valence-electron chi connectivity index (χ4n) is 1.72. The van der Waals surface area contributed by atoms with Gasteiger partial charge in [-0.3, -0.25) is 0 Å². The Bertz CT molecular complexity index is 309. The van der Waals surface area contributed by atoms with E-state index in [1.165, 1.54) is 11.1 Å². The topological polar surface area (TPSA) is 46.2 Å². The van der Waals surface area contributed by atoms with Gasteiger partial charge in [-0.1, -0.05) is 13.0 Å². The maximum absolute atomic E-state index is 9.27. The first-order valence-corrected chi connectivity index (χ1v) is 5.67. The van der Waals surface area contributed by atoms with Gasteiger partial charge in [-0.25, -0.2) is 0 Å². The Morgan fingerprint density at radius 3 is 2.73 bits per heavy atom. The SMILES string of the molecule is CCC(N)CCCc1ccc(O)cc1C. The van der Waals surface area contributed by atoms with Gasteiger partial charge in [0.25, 0.3) is 0 Å². The Labute approximate surface area is 92.1 Å². The predicted molar refractivity (Wildman–Crippen MR) is 64.0 cm³/mol. The summed E-state index contributed by atoms with van der Waals surface area (Å²) < 4.78 is 0. The van der Waals surface area contributed by atoms with Crippen LogP contribution >= 0.6 is 0 Å². The second kappa shape index (κ2) is 5.76. The van der Waals surface area contributed by atoms with Crippen LogP contribution in [-0.2, 0) is 6.42 Å². The Kier molecular flexibility index (Phi) is 4.63. The van der Waals surface area contributed by atoms with Crippen molar-refractivity contribution < 1.29 is 5.11 Å². The third kappa shape index (κ3) is 3.92. The lowest BCUT2D eigenvalue weighted by Gasteiger charge is -2.09. The second-order valence-electron chi connectivity index (χ2n) is 4.17. The molecule has 0 amide bonds. The highest BCUT2D eigenvalue weighted by Crippen LogP contribution is 2.17. The number of phenolic OH excluding ortho intramolecular Hbond substituents is 1. The zero-order valence-electron chi connectivity index (χ0n) is 9.66. The van der Waals surface area contributed by atoms with Crippen molar-refractivity contribution >= 4 is 0 Å². The number of aromatic hydroxyl groups is 1. The first-order chi connectivity index (χ1) is 7.13. The fraction of sp³-hybridized carbons (Fsp3) is 0.538. The minimum atomic E-state index is 0.336. The molecule has 84 valence electrons. The van der Waals surface area contributed by atoms with Crippen molar-refractivity contribution in [2.75, 3.05) is 0 Å². The summed E-state index contributed by atoms with van der Waals surface area (Å²) in [6.45, 7) is 4.16. The highest BCUT2D eigenvalue weighted by atomic mass is 16.3. The minimum absolute atomic E-state index is 0.336. The molecule has 0 saturated carbocycles. The molecule has 0 aliphatic carbocycles. The van der Waals surface area contributed by atoms with Gasteiger partial charge in [0.2, 0.25) is 0 Å². The first kappa shape index (κ1) is 12.1. The Morgan fingerprint density at radius 1 is 1.40 bits per heavy atom. The number of phenols is 1. The standard InChI is InChI=1S/C13H21NO/c1-3-12(14)6-4-5-11-7-8-13(15)9-10(11)2/h7-9,12,15H,3-6,14H2,1-2H3. The fourth-order valence-corrected chi connectivity index (χ4v) is 1.72. The van der Waals surface area contributed by atoms with Gasteiger partial charge in [-0.2, -0.15) is 0 Å². The molecule has 0 heterocycles. The van der Waals surface area contributed by atoms with Crippen molar-refractivity contribution in [2.45, 2.75) is 45.6 Å². The van der Waals surface area contributed by atoms with Gasteiger partial charge >= 0.3 is 0 Å². The van der Waals surface area contributed by atoms with E-state index in [9.17, 15) is 5.11 Å². The molecule has 0 fully saturated rings. The molecule has 1 atom stereocenters. The van der Waals surface area contributed by atoms with Crippen molar-refractivity contribution in [3.63, 3.8) is 0 Å². The molecular formula is C13H21NO. The van der Waals surface area contributed by atoms with Gasteiger partial charge in [0.15, 0.2) is 0 Å². The largest absolute Gasteiger partial charge is 0.508 e. The number of nitrogens with two attached hydrogens (primary N) is 1. The van der Waals surface area contributed by atoms with E-state index in [0.29, 0.717) is 11.8 Å². The molecule has 1 unspecified atom stereocenters. The Hall–Kier alpha value is -1.02. The van der Waals surface area contributed by atoms with Crippen molar-refractivity contribution in [1.82, 2.24) is 0 Å². The molecular weight excluding hydrogens is 186 g/mol. The maximum atomic E-state index is 9.27. The molecule has 1 rings (SSSR count). The molecule has 3 N–H and O–H groups in total. The van der Waals surface area contributed by atoms with Crippen LogP contribution in [0.15, 0.2) is 18.2 Å². The average Bonchev–Trinajstić information content (AvgIpc) is 2.21. The van der Waals surface area contributed by atoms with Gasteiger partial charge in [0, 0.05) is 6.04 Å². The minimum Gasteiger partial charge on any atom is -0.508 e. The molecule has 0 aliphatic heterocycles. The first-order valence-electron chi connectivity index (χ1n) is 5.67. The van der Waals surface area contributed by atoms with E-state index in [1.807, 2.05) is 19.1 Å². The molecule has 0 aliphatic rings. The van der Waals surface area contributed by atoms with Crippen LogP contribution in [0, 0.1) is 6.92 Å². The molecule has 0 bridgehead atoms. The summed E-state index contributed by atoms with van der Waals surface area (Å²) in [6.07, 6.45) is 4.31. The van der Waals surface area contributed by atoms with Crippen LogP contribution in [0.3, 0.4) is 0 Å². The summed E-state index contributed by atoms with van der Waals surface area (Å²) in [6, 6.07) is 5.90. The number of hydrogen-bond acceptors (Lipinski definition) is 2. The summed E-state index contributed by atoms with van der Waals surface area (Å²) >= 11 is 0. The van der Waals surface area contributed by atoms with Crippen LogP contribution < -0.4 is 5.73 Å². The van der Waals surface area contributed by atoms with Crippen molar-refractivity contribution in [2.24, 2.45) is 5.73 Å². The lowest BCUT2D eigenvalue weighted by Crippen LogP contribution is -2.18. The van der Waals surface area contributed by atoms with Gasteiger partial charge < -0.3 is 10.8 Å². The zero-order valence-corrected chi connectivity index (χ0v) is 9.66. The molecule has 1 aromatic rings. The third-order valence-corrected chi connectivity index (χ3v) is 2.87. The average molecular weight is 207 g/mol. The van der Waals surface area contributed by atoms with E-state index in [2.05, 4.69) is 6.92 Å². The summed E-state index contributed by atoms with van der Waals surface area (Å²) in [5, 5.41) is 9.27. The quantitative estimate of drug-likeness (QED) is 0.780. The van der Waals surface area contributed by atoms with Crippen LogP contribution in [0.25, 0.3) is 0 Å². The molecule has 15 heavy (non-hydrogen) atoms. The van der Waals surface area contributed by atoms with Gasteiger partial charge in [-0.05, 0) is 55.9 Å². The van der Waals surface area contributed by atoms with E-state index in [1.54, 1.807) is 6.07 Å². The molecule has 0 aromatic heterocycles. The summed E-state index contributed by atoms with van der Waals surface area (Å²) in [4.78, 5) is 0. The summed E-state index contributed by atoms with van der Waals surface area (Å²) in [5.74, 6) is 0.349. The van der Waals surface area contributed by atoms with Crippen molar-refractivity contribution in [3.8, 4) is 5.75 Å². The number of benzene rings is 1. The molecule has 1 aromatic carbocycles. The van der Waals surface area contributed by atoms with Crippen LogP contribution in [-0.4, -0.2) is 11.1 Å². The molecule has 0 spiro atoms. The second-order valence-corrected chi connectivity index (χ2v) is 4.17. The number of aryl methyl sites for hydroxylation is 2. The monoisotopic (exact) mass is 207 g/mol. The van der Waals surface area contributed by atoms with Crippen molar-refractivity contribution in [3.05, 3.63) is 29.3 Å². The molecule has 0 radical (unpaired) electrons. The number of hydrogen-bond donors (Lipinski definition) is 2. The lowest BCUT2D eigenvalue weighted by molar-refractivity contribution is 0.474. The van der Waals surface area contributed by atoms with Crippen LogP contribution in [0.5, 0.6) is 5.75 Å². The van der Waals surface area contributed by atoms with Crippen LogP contribution in [0.1, 0.15) is 37.3 Å². The van der Waals surface area contributed by atoms with Crippen molar-refractivity contribution in [1.29, 1.82) is 0 Å². The Balaban J connectivity index is 2.44. The van der Waals surface area contributed by atoms with E-state index >= 15 is 0 Å². The van der Waals surface area contributed by atoms with Gasteiger partial charge in [0.05, 0.1) is 0 Å². The normalized spacial score (nSPS) is 12.7. The van der Waals surface area contributed by atoms with E-state index in [4.69, 9.17) is 5.73 Å². The molecule has 0 saturated heterocycles. The number of rotatable bonds is 5. The Morgan fingerprint density at radius 2 is 2.13 bits per heavy atom. The van der Waals surface area contributed by atoms with Crippen LogP contribution in [0.2, 0.25) is 0 Å². The van der Waals surface area contributed by atoms with Crippen LogP contribution in [0.4, 0.5) is 0 Å². The highest BCUT2D eigenvalue weighted by Gasteiger charge is 2.02. The van der Waals surface area contributed by atoms with Gasteiger partial charge in [-0.15, -0.1) is 0 Å². The van der Waals surface area contributed by atoms with E-state index in [0.717, 1.165) is 25.7 Å². The zero-order chi connectivity index (χ0) is 11.3. The molecule has 2 nitrogen and oxygen atoms in total. The smallest absolute Gasteiger partial charge is 0.115 e. The third-order valence-electron chi connectivity index (χ3n) is 2.87. The molecule has 2 heteroatoms. The van der Waals surface area contributed by atoms with Gasteiger partial charge in [0.1, 0.15) is 5.75 Å². The highest BCUT2D eigenvalue weighted by molar-refractivity contribution is 5.33. The van der Waals surface area contributed by atoms with E-state index < -0.39 is 0 Å². The lowest BCUT2D eigenvalue weighted by atomic mass is 10.0. The predicted octanol–water partition coefficient (Wildman–Crippen LogP) is 2.76. The summed E-state index contributed by atoms with van der Waals surface area (Å²) in [7, 11) is 0.